The van der Waals surface area contributed by atoms with Crippen LogP contribution >= 0.6 is 15.9 Å². The van der Waals surface area contributed by atoms with Crippen molar-refractivity contribution < 1.29 is 21.6 Å². The van der Waals surface area contributed by atoms with Crippen molar-refractivity contribution >= 4 is 31.5 Å². The summed E-state index contributed by atoms with van der Waals surface area (Å²) >= 11 is 3.32. The number of nitrogens with one attached hydrogen (secondary N) is 1. The van der Waals surface area contributed by atoms with Crippen molar-refractivity contribution in [3.63, 3.8) is 0 Å². The van der Waals surface area contributed by atoms with Gasteiger partial charge in [-0.3, -0.25) is 0 Å². The van der Waals surface area contributed by atoms with E-state index < -0.39 is 26.7 Å². The number of benzene rings is 2. The Morgan fingerprint density at radius 3 is 1.97 bits per heavy atom. The van der Waals surface area contributed by atoms with Gasteiger partial charge in [0, 0.05) is 16.2 Å². The maximum Gasteiger partial charge on any atom is 0.398 e. The van der Waals surface area contributed by atoms with Gasteiger partial charge in [-0.2, -0.15) is 13.2 Å². The Hall–Kier alpha value is -1.54. The molecular weight excluding hydrogens is 479 g/mol. The van der Waals surface area contributed by atoms with Crippen LogP contribution in [0.15, 0.2) is 57.9 Å². The standard InChI is InChI=1S/C22H23BrF3NO2S/c23-16-3-9-19(10-4-16)30(28,29)20-11-7-18(8-12-20)27-17-5-1-15(2-6-17)21(13-14-21)22(24,25)26/h1-6,9-10,18,20,27H,7-8,11-14H2. The van der Waals surface area contributed by atoms with Gasteiger partial charge in [0.2, 0.25) is 0 Å². The van der Waals surface area contributed by atoms with Crippen molar-refractivity contribution in [2.75, 3.05) is 5.32 Å². The van der Waals surface area contributed by atoms with E-state index in [0.717, 1.165) is 10.2 Å². The molecule has 3 nitrogen and oxygen atoms in total. The maximum atomic E-state index is 13.3. The topological polar surface area (TPSA) is 46.2 Å². The summed E-state index contributed by atoms with van der Waals surface area (Å²) in [7, 11) is -3.36. The van der Waals surface area contributed by atoms with E-state index in [1.165, 1.54) is 0 Å². The fourth-order valence-electron chi connectivity index (χ4n) is 4.32. The molecule has 2 aromatic carbocycles. The second-order valence-corrected chi connectivity index (χ2v) is 11.4. The minimum absolute atomic E-state index is 0.115. The third kappa shape index (κ3) is 4.13. The van der Waals surface area contributed by atoms with Crippen molar-refractivity contribution in [2.45, 2.75) is 66.3 Å². The van der Waals surface area contributed by atoms with Crippen LogP contribution in [-0.4, -0.2) is 25.9 Å². The summed E-state index contributed by atoms with van der Waals surface area (Å²) in [4.78, 5) is 0.344. The van der Waals surface area contributed by atoms with Crippen LogP contribution in [0.1, 0.15) is 44.1 Å². The maximum absolute atomic E-state index is 13.3. The third-order valence-electron chi connectivity index (χ3n) is 6.36. The van der Waals surface area contributed by atoms with Crippen LogP contribution in [0.2, 0.25) is 0 Å². The predicted molar refractivity (Wildman–Crippen MR) is 114 cm³/mol. The van der Waals surface area contributed by atoms with E-state index in [4.69, 9.17) is 0 Å². The van der Waals surface area contributed by atoms with Crippen LogP contribution in [0.25, 0.3) is 0 Å². The third-order valence-corrected chi connectivity index (χ3v) is 9.16. The molecule has 0 heterocycles. The molecule has 8 heteroatoms. The molecule has 0 radical (unpaired) electrons. The molecule has 0 atom stereocenters. The molecule has 0 aliphatic heterocycles. The van der Waals surface area contributed by atoms with Gasteiger partial charge in [0.15, 0.2) is 9.84 Å². The molecule has 0 saturated heterocycles. The van der Waals surface area contributed by atoms with E-state index in [1.807, 2.05) is 0 Å². The Morgan fingerprint density at radius 2 is 1.47 bits per heavy atom. The number of halogens is 4. The lowest BCUT2D eigenvalue weighted by atomic mass is 9.93. The Morgan fingerprint density at radius 1 is 0.900 bits per heavy atom. The molecule has 0 aromatic heterocycles. The highest BCUT2D eigenvalue weighted by molar-refractivity contribution is 9.10. The van der Waals surface area contributed by atoms with E-state index in [-0.39, 0.29) is 18.9 Å². The summed E-state index contributed by atoms with van der Waals surface area (Å²) in [5.41, 5.74) is -0.564. The average molecular weight is 502 g/mol. The summed E-state index contributed by atoms with van der Waals surface area (Å²) in [6.07, 6.45) is -1.37. The molecule has 2 saturated carbocycles. The largest absolute Gasteiger partial charge is 0.398 e. The summed E-state index contributed by atoms with van der Waals surface area (Å²) < 4.78 is 66.3. The number of alkyl halides is 3. The molecule has 2 fully saturated rings. The van der Waals surface area contributed by atoms with Gasteiger partial charge in [-0.25, -0.2) is 8.42 Å². The lowest BCUT2D eigenvalue weighted by Crippen LogP contribution is -2.33. The van der Waals surface area contributed by atoms with E-state index in [2.05, 4.69) is 21.2 Å². The highest BCUT2D eigenvalue weighted by atomic mass is 79.9. The lowest BCUT2D eigenvalue weighted by Gasteiger charge is -2.30. The lowest BCUT2D eigenvalue weighted by molar-refractivity contribution is -0.160. The Kier molecular flexibility index (Phi) is 5.68. The zero-order chi connectivity index (χ0) is 21.6. The monoisotopic (exact) mass is 501 g/mol. The fourth-order valence-corrected chi connectivity index (χ4v) is 6.37. The van der Waals surface area contributed by atoms with Gasteiger partial charge in [-0.05, 0) is 80.5 Å². The van der Waals surface area contributed by atoms with E-state index >= 15 is 0 Å². The Bertz CT molecular complexity index is 992. The minimum atomic E-state index is -4.21. The number of anilines is 1. The van der Waals surface area contributed by atoms with Crippen molar-refractivity contribution in [3.05, 3.63) is 58.6 Å². The normalized spacial score (nSPS) is 23.7. The molecule has 2 aromatic rings. The van der Waals surface area contributed by atoms with Crippen LogP contribution < -0.4 is 5.32 Å². The molecule has 0 spiro atoms. The van der Waals surface area contributed by atoms with Gasteiger partial charge < -0.3 is 5.32 Å². The molecule has 162 valence electrons. The number of hydrogen-bond acceptors (Lipinski definition) is 3. The first kappa shape index (κ1) is 21.7. The molecule has 2 aliphatic carbocycles. The van der Waals surface area contributed by atoms with E-state index in [9.17, 15) is 21.6 Å². The van der Waals surface area contributed by atoms with Gasteiger partial charge in [-0.15, -0.1) is 0 Å². The molecule has 0 unspecified atom stereocenters. The summed E-state index contributed by atoms with van der Waals surface area (Å²) in [6, 6.07) is 13.3. The van der Waals surface area contributed by atoms with Crippen LogP contribution in [0.4, 0.5) is 18.9 Å². The van der Waals surface area contributed by atoms with Crippen molar-refractivity contribution in [2.24, 2.45) is 0 Å². The van der Waals surface area contributed by atoms with Gasteiger partial charge in [-0.1, -0.05) is 28.1 Å². The first-order valence-corrected chi connectivity index (χ1v) is 12.4. The predicted octanol–water partition coefficient (Wildman–Crippen LogP) is 6.24. The number of hydrogen-bond donors (Lipinski definition) is 1. The zero-order valence-electron chi connectivity index (χ0n) is 16.3. The smallest absolute Gasteiger partial charge is 0.382 e. The van der Waals surface area contributed by atoms with E-state index in [1.54, 1.807) is 48.5 Å². The molecule has 30 heavy (non-hydrogen) atoms. The molecular formula is C22H23BrF3NO2S. The van der Waals surface area contributed by atoms with Crippen LogP contribution in [0.5, 0.6) is 0 Å². The Balaban J connectivity index is 1.36. The number of rotatable bonds is 5. The van der Waals surface area contributed by atoms with Crippen LogP contribution in [0, 0.1) is 0 Å². The van der Waals surface area contributed by atoms with Gasteiger partial charge in [0.05, 0.1) is 15.6 Å². The van der Waals surface area contributed by atoms with Gasteiger partial charge in [0.1, 0.15) is 0 Å². The van der Waals surface area contributed by atoms with Crippen LogP contribution in [-0.2, 0) is 15.3 Å². The summed E-state index contributed by atoms with van der Waals surface area (Å²) in [6.45, 7) is 0. The second-order valence-electron chi connectivity index (χ2n) is 8.27. The van der Waals surface area contributed by atoms with E-state index in [0.29, 0.717) is 36.1 Å². The quantitative estimate of drug-likeness (QED) is 0.527. The molecule has 2 aliphatic rings. The SMILES string of the molecule is O=S(=O)(c1ccc(Br)cc1)C1CCC(Nc2ccc(C3(C(F)(F)F)CC3)cc2)CC1. The van der Waals surface area contributed by atoms with Crippen molar-refractivity contribution in [1.82, 2.24) is 0 Å². The molecule has 1 N–H and O–H groups in total. The highest BCUT2D eigenvalue weighted by Gasteiger charge is 2.64. The second kappa shape index (κ2) is 7.86. The zero-order valence-corrected chi connectivity index (χ0v) is 18.7. The number of sulfone groups is 1. The van der Waals surface area contributed by atoms with Crippen molar-refractivity contribution in [1.29, 1.82) is 0 Å². The average Bonchev–Trinajstić information content (AvgIpc) is 3.51. The Labute approximate surface area is 183 Å². The highest BCUT2D eigenvalue weighted by Crippen LogP contribution is 2.58. The first-order chi connectivity index (χ1) is 14.1. The van der Waals surface area contributed by atoms with Crippen molar-refractivity contribution in [3.8, 4) is 0 Å². The first-order valence-electron chi connectivity index (χ1n) is 10.1. The van der Waals surface area contributed by atoms with Gasteiger partial charge in [0.25, 0.3) is 0 Å². The molecule has 4 rings (SSSR count). The minimum Gasteiger partial charge on any atom is -0.382 e. The fraction of sp³-hybridized carbons (Fsp3) is 0.455. The van der Waals surface area contributed by atoms with Crippen LogP contribution in [0.3, 0.4) is 0 Å². The molecule has 0 amide bonds. The summed E-state index contributed by atoms with van der Waals surface area (Å²) in [5, 5.41) is 2.95. The summed E-state index contributed by atoms with van der Waals surface area (Å²) in [5.74, 6) is 0. The van der Waals surface area contributed by atoms with Gasteiger partial charge >= 0.3 is 6.18 Å². The molecule has 0 bridgehead atoms.